The van der Waals surface area contributed by atoms with E-state index < -0.39 is 6.72 Å². The van der Waals surface area contributed by atoms with E-state index in [1.54, 1.807) is 6.07 Å². The van der Waals surface area contributed by atoms with Gasteiger partial charge in [-0.1, -0.05) is 18.2 Å². The first-order valence-corrected chi connectivity index (χ1v) is 9.78. The van der Waals surface area contributed by atoms with Gasteiger partial charge in [0.05, 0.1) is 13.2 Å². The van der Waals surface area contributed by atoms with Crippen molar-refractivity contribution in [1.29, 1.82) is 0 Å². The molecular formula is C15H19N2O4PS. The van der Waals surface area contributed by atoms with Crippen molar-refractivity contribution in [2.24, 2.45) is 0 Å². The molecule has 2 rings (SSSR count). The van der Waals surface area contributed by atoms with Crippen LogP contribution in [0.2, 0.25) is 0 Å². The summed E-state index contributed by atoms with van der Waals surface area (Å²) in [5.41, 5.74) is 0.736. The van der Waals surface area contributed by atoms with Crippen LogP contribution in [0, 0.1) is 6.92 Å². The normalized spacial score (nSPS) is 11.3. The standard InChI is InChI=1S/C15H19N2O4PS/c1-4-18-22(23,19-5-2)21-15-12(3)11-14(16-17-15)20-13-9-7-6-8-10-13/h6-11H,4-5H2,1-3H3. The van der Waals surface area contributed by atoms with Crippen molar-refractivity contribution in [2.75, 3.05) is 13.2 Å². The van der Waals surface area contributed by atoms with Crippen LogP contribution in [0.15, 0.2) is 36.4 Å². The average Bonchev–Trinajstić information content (AvgIpc) is 2.51. The minimum absolute atomic E-state index is 0.288. The third-order valence-corrected chi connectivity index (χ3v) is 5.06. The monoisotopic (exact) mass is 354 g/mol. The fourth-order valence-corrected chi connectivity index (χ4v) is 3.76. The number of ether oxygens (including phenoxy) is 1. The van der Waals surface area contributed by atoms with Crippen LogP contribution >= 0.6 is 6.72 Å². The van der Waals surface area contributed by atoms with Crippen molar-refractivity contribution < 1.29 is 18.3 Å². The van der Waals surface area contributed by atoms with Gasteiger partial charge in [0, 0.05) is 23.4 Å². The topological polar surface area (TPSA) is 62.7 Å². The average molecular weight is 354 g/mol. The lowest BCUT2D eigenvalue weighted by Crippen LogP contribution is -2.05. The minimum atomic E-state index is -2.86. The molecule has 1 aromatic carbocycles. The summed E-state index contributed by atoms with van der Waals surface area (Å²) in [4.78, 5) is 0. The second-order valence-electron chi connectivity index (χ2n) is 4.46. The predicted molar refractivity (Wildman–Crippen MR) is 91.5 cm³/mol. The summed E-state index contributed by atoms with van der Waals surface area (Å²) in [5, 5.41) is 8.03. The first-order valence-electron chi connectivity index (χ1n) is 7.22. The van der Waals surface area contributed by atoms with Gasteiger partial charge in [-0.25, -0.2) is 0 Å². The van der Waals surface area contributed by atoms with Gasteiger partial charge in [-0.3, -0.25) is 9.05 Å². The third-order valence-electron chi connectivity index (χ3n) is 2.66. The lowest BCUT2D eigenvalue weighted by Gasteiger charge is -2.20. The molecule has 124 valence electrons. The van der Waals surface area contributed by atoms with Gasteiger partial charge in [0.15, 0.2) is 0 Å². The number of rotatable bonds is 8. The van der Waals surface area contributed by atoms with E-state index in [9.17, 15) is 0 Å². The Hall–Kier alpha value is -1.53. The smallest absolute Gasteiger partial charge is 0.381 e. The largest absolute Gasteiger partial charge is 0.438 e. The Morgan fingerprint density at radius 1 is 1.04 bits per heavy atom. The van der Waals surface area contributed by atoms with Crippen molar-refractivity contribution in [2.45, 2.75) is 20.8 Å². The highest BCUT2D eigenvalue weighted by Gasteiger charge is 2.23. The van der Waals surface area contributed by atoms with E-state index in [-0.39, 0.29) is 5.88 Å². The van der Waals surface area contributed by atoms with E-state index in [2.05, 4.69) is 10.2 Å². The molecule has 0 saturated carbocycles. The number of aromatic nitrogens is 2. The van der Waals surface area contributed by atoms with Crippen LogP contribution in [0.3, 0.4) is 0 Å². The SMILES string of the molecule is CCOP(=S)(OCC)Oc1nnc(Oc2ccccc2)cc1C. The number of hydrogen-bond donors (Lipinski definition) is 0. The lowest BCUT2D eigenvalue weighted by molar-refractivity contribution is 0.215. The zero-order valence-electron chi connectivity index (χ0n) is 13.3. The molecule has 8 heteroatoms. The summed E-state index contributed by atoms with van der Waals surface area (Å²) < 4.78 is 22.2. The summed E-state index contributed by atoms with van der Waals surface area (Å²) in [6, 6.07) is 11.1. The maximum absolute atomic E-state index is 5.67. The molecular weight excluding hydrogens is 335 g/mol. The van der Waals surface area contributed by atoms with Gasteiger partial charge in [0.1, 0.15) is 5.75 Å². The summed E-state index contributed by atoms with van der Waals surface area (Å²) in [6.45, 7) is 3.44. The molecule has 1 heterocycles. The Kier molecular flexibility index (Phi) is 6.47. The number of aryl methyl sites for hydroxylation is 1. The summed E-state index contributed by atoms with van der Waals surface area (Å²) in [6.07, 6.45) is 0. The summed E-state index contributed by atoms with van der Waals surface area (Å²) in [5.74, 6) is 1.35. The molecule has 0 unspecified atom stereocenters. The van der Waals surface area contributed by atoms with Gasteiger partial charge in [-0.15, -0.1) is 10.2 Å². The molecule has 23 heavy (non-hydrogen) atoms. The van der Waals surface area contributed by atoms with Gasteiger partial charge in [0.2, 0.25) is 11.8 Å². The predicted octanol–water partition coefficient (Wildman–Crippen LogP) is 4.25. The molecule has 0 aliphatic heterocycles. The Morgan fingerprint density at radius 2 is 1.70 bits per heavy atom. The molecule has 0 aliphatic carbocycles. The maximum atomic E-state index is 5.67. The van der Waals surface area contributed by atoms with Crippen LogP contribution in [0.5, 0.6) is 17.5 Å². The number of para-hydroxylation sites is 1. The van der Waals surface area contributed by atoms with Crippen molar-refractivity contribution in [3.63, 3.8) is 0 Å². The lowest BCUT2D eigenvalue weighted by atomic mass is 10.3. The second-order valence-corrected chi connectivity index (χ2v) is 7.39. The van der Waals surface area contributed by atoms with Crippen molar-refractivity contribution in [3.8, 4) is 17.5 Å². The molecule has 0 radical (unpaired) electrons. The minimum Gasteiger partial charge on any atom is -0.438 e. The highest BCUT2D eigenvalue weighted by atomic mass is 32.5. The summed E-state index contributed by atoms with van der Waals surface area (Å²) in [7, 11) is 0. The Bertz CT molecular complexity index is 674. The Morgan fingerprint density at radius 3 is 2.26 bits per heavy atom. The first kappa shape index (κ1) is 17.8. The van der Waals surface area contributed by atoms with Gasteiger partial charge >= 0.3 is 6.72 Å². The van der Waals surface area contributed by atoms with Crippen LogP contribution < -0.4 is 9.26 Å². The van der Waals surface area contributed by atoms with E-state index in [0.717, 1.165) is 5.56 Å². The highest BCUT2D eigenvalue weighted by Crippen LogP contribution is 2.49. The van der Waals surface area contributed by atoms with Gasteiger partial charge in [-0.05, 0) is 32.9 Å². The molecule has 0 aliphatic rings. The van der Waals surface area contributed by atoms with Crippen molar-refractivity contribution in [3.05, 3.63) is 42.0 Å². The van der Waals surface area contributed by atoms with Crippen molar-refractivity contribution >= 4 is 18.5 Å². The molecule has 0 atom stereocenters. The first-order chi connectivity index (χ1) is 11.1. The third kappa shape index (κ3) is 5.25. The van der Waals surface area contributed by atoms with Gasteiger partial charge in [-0.2, -0.15) is 0 Å². The highest BCUT2D eigenvalue weighted by molar-refractivity contribution is 8.07. The molecule has 0 fully saturated rings. The van der Waals surface area contributed by atoms with Gasteiger partial charge in [0.25, 0.3) is 0 Å². The van der Waals surface area contributed by atoms with E-state index in [0.29, 0.717) is 24.8 Å². The molecule has 0 bridgehead atoms. The summed E-state index contributed by atoms with van der Waals surface area (Å²) >= 11 is 5.33. The fourth-order valence-electron chi connectivity index (χ4n) is 1.71. The Balaban J connectivity index is 2.14. The number of hydrogen-bond acceptors (Lipinski definition) is 7. The van der Waals surface area contributed by atoms with E-state index in [4.69, 9.17) is 30.1 Å². The molecule has 0 spiro atoms. The van der Waals surface area contributed by atoms with E-state index in [1.165, 1.54) is 0 Å². The van der Waals surface area contributed by atoms with Crippen LogP contribution in [-0.4, -0.2) is 23.4 Å². The quantitative estimate of drug-likeness (QED) is 0.657. The van der Waals surface area contributed by atoms with Crippen LogP contribution in [0.25, 0.3) is 0 Å². The van der Waals surface area contributed by atoms with E-state index >= 15 is 0 Å². The van der Waals surface area contributed by atoms with Crippen molar-refractivity contribution in [1.82, 2.24) is 10.2 Å². The zero-order chi connectivity index (χ0) is 16.7. The molecule has 2 aromatic rings. The molecule has 0 amide bonds. The molecule has 0 saturated heterocycles. The fraction of sp³-hybridized carbons (Fsp3) is 0.333. The van der Waals surface area contributed by atoms with E-state index in [1.807, 2.05) is 51.1 Å². The number of nitrogens with zero attached hydrogens (tertiary/aromatic N) is 2. The second kappa shape index (κ2) is 8.36. The zero-order valence-corrected chi connectivity index (χ0v) is 15.0. The molecule has 6 nitrogen and oxygen atoms in total. The molecule has 0 N–H and O–H groups in total. The number of benzene rings is 1. The van der Waals surface area contributed by atoms with Crippen LogP contribution in [0.4, 0.5) is 0 Å². The maximum Gasteiger partial charge on any atom is 0.381 e. The molecule has 1 aromatic heterocycles. The van der Waals surface area contributed by atoms with Gasteiger partial charge < -0.3 is 9.26 Å². The Labute approximate surface area is 141 Å². The van der Waals surface area contributed by atoms with Crippen LogP contribution in [-0.2, 0) is 20.9 Å². The van der Waals surface area contributed by atoms with Crippen LogP contribution in [0.1, 0.15) is 19.4 Å².